The molecule has 0 aliphatic carbocycles. The Labute approximate surface area is 214 Å². The van der Waals surface area contributed by atoms with Crippen LogP contribution in [0, 0.1) is 17.8 Å². The summed E-state index contributed by atoms with van der Waals surface area (Å²) in [4.78, 5) is 1.58. The minimum absolute atomic E-state index is 0.0124. The number of aliphatic hydroxyl groups excluding tert-OH is 1. The highest BCUT2D eigenvalue weighted by atomic mass is 32.2. The van der Waals surface area contributed by atoms with Gasteiger partial charge >= 0.3 is 12.4 Å². The third-order valence-electron chi connectivity index (χ3n) is 5.89. The van der Waals surface area contributed by atoms with E-state index in [-0.39, 0.29) is 47.6 Å². The maximum absolute atomic E-state index is 13.4. The van der Waals surface area contributed by atoms with Crippen molar-refractivity contribution in [1.29, 1.82) is 0 Å². The first-order chi connectivity index (χ1) is 17.0. The van der Waals surface area contributed by atoms with Crippen LogP contribution in [0.25, 0.3) is 0 Å². The van der Waals surface area contributed by atoms with E-state index in [2.05, 4.69) is 11.8 Å². The van der Waals surface area contributed by atoms with Crippen molar-refractivity contribution >= 4 is 27.0 Å². The molecule has 2 aromatic rings. The van der Waals surface area contributed by atoms with E-state index in [9.17, 15) is 45.0 Å². The van der Waals surface area contributed by atoms with Gasteiger partial charge in [0.1, 0.15) is 10.3 Å². The van der Waals surface area contributed by atoms with Crippen molar-refractivity contribution in [3.05, 3.63) is 46.8 Å². The smallest absolute Gasteiger partial charge is 0.380 e. The molecule has 0 saturated carbocycles. The first-order valence-electron chi connectivity index (χ1n) is 11.0. The van der Waals surface area contributed by atoms with Gasteiger partial charge in [-0.15, -0.1) is 11.3 Å². The summed E-state index contributed by atoms with van der Waals surface area (Å²) in [5.74, 6) is 4.50. The van der Waals surface area contributed by atoms with Crippen LogP contribution in [0.5, 0.6) is 0 Å². The fourth-order valence-electron chi connectivity index (χ4n) is 3.65. The van der Waals surface area contributed by atoms with Crippen LogP contribution in [0.2, 0.25) is 0 Å². The number of anilines is 1. The average molecular weight is 571 g/mol. The molecule has 204 valence electrons. The van der Waals surface area contributed by atoms with Crippen LogP contribution in [0.15, 0.2) is 39.9 Å². The molecule has 1 unspecified atom stereocenters. The minimum Gasteiger partial charge on any atom is -0.380 e. The Morgan fingerprint density at radius 1 is 1.00 bits per heavy atom. The Morgan fingerprint density at radius 3 is 2.08 bits per heavy atom. The Hall–Kier alpha value is -2.31. The monoisotopic (exact) mass is 570 g/mol. The van der Waals surface area contributed by atoms with Crippen molar-refractivity contribution in [1.82, 2.24) is 4.31 Å². The van der Waals surface area contributed by atoms with Crippen LogP contribution in [-0.4, -0.2) is 67.6 Å². The Balaban J connectivity index is 2.00. The molecule has 1 aliphatic rings. The van der Waals surface area contributed by atoms with E-state index in [0.717, 1.165) is 17.4 Å². The topological polar surface area (TPSA) is 81.1 Å². The second-order valence-corrected chi connectivity index (χ2v) is 11.8. The fourth-order valence-corrected chi connectivity index (χ4v) is 6.22. The largest absolute Gasteiger partial charge is 0.430 e. The summed E-state index contributed by atoms with van der Waals surface area (Å²) in [6, 6.07) is 5.06. The lowest BCUT2D eigenvalue weighted by Crippen LogP contribution is -2.54. The van der Waals surface area contributed by atoms with E-state index >= 15 is 0 Å². The molecule has 0 bridgehead atoms. The number of nitrogens with zero attached hydrogens (tertiary/aromatic N) is 2. The quantitative estimate of drug-likeness (QED) is 0.421. The zero-order valence-corrected chi connectivity index (χ0v) is 21.3. The minimum atomic E-state index is -6.07. The molecule has 6 nitrogen and oxygen atoms in total. The van der Waals surface area contributed by atoms with E-state index in [1.807, 2.05) is 0 Å². The van der Waals surface area contributed by atoms with E-state index in [1.165, 1.54) is 10.4 Å². The van der Waals surface area contributed by atoms with Crippen LogP contribution in [0.1, 0.15) is 25.0 Å². The summed E-state index contributed by atoms with van der Waals surface area (Å²) in [5, 5.41) is 21.5. The molecule has 0 radical (unpaired) electrons. The van der Waals surface area contributed by atoms with E-state index in [0.29, 0.717) is 12.1 Å². The normalized spacial score (nSPS) is 17.0. The number of piperazine rings is 1. The molecule has 2 heterocycles. The van der Waals surface area contributed by atoms with Gasteiger partial charge in [0.25, 0.3) is 15.6 Å². The summed E-state index contributed by atoms with van der Waals surface area (Å²) < 4.78 is 108. The van der Waals surface area contributed by atoms with Crippen LogP contribution in [0.4, 0.5) is 32.0 Å². The maximum Gasteiger partial charge on any atom is 0.430 e. The molecule has 14 heteroatoms. The standard InChI is InChI=1S/C23H24F6N2O4S2/c1-15(2)19(32)8-5-16-14-17(21(33,22(24,25)26)23(27,28)29)6-7-18(16)30-9-11-31(12-10-30)37(34,35)20-4-3-13-36-20/h3-4,6-7,13-15,19,32-33H,9-12H2,1-2H3. The van der Waals surface area contributed by atoms with Crippen molar-refractivity contribution in [3.63, 3.8) is 0 Å². The number of halogens is 6. The van der Waals surface area contributed by atoms with Gasteiger partial charge in [-0.05, 0) is 29.5 Å². The number of sulfonamides is 1. The summed E-state index contributed by atoms with van der Waals surface area (Å²) in [6.07, 6.45) is -13.4. The zero-order chi connectivity index (χ0) is 27.8. The predicted molar refractivity (Wildman–Crippen MR) is 125 cm³/mol. The lowest BCUT2D eigenvalue weighted by molar-refractivity contribution is -0.376. The summed E-state index contributed by atoms with van der Waals surface area (Å²) in [7, 11) is -3.74. The van der Waals surface area contributed by atoms with Crippen LogP contribution in [-0.2, 0) is 15.6 Å². The van der Waals surface area contributed by atoms with E-state index in [4.69, 9.17) is 0 Å². The van der Waals surface area contributed by atoms with Crippen LogP contribution < -0.4 is 4.90 Å². The van der Waals surface area contributed by atoms with Gasteiger partial charge in [0.15, 0.2) is 0 Å². The highest BCUT2D eigenvalue weighted by Gasteiger charge is 2.71. The lowest BCUT2D eigenvalue weighted by Gasteiger charge is -2.36. The first-order valence-corrected chi connectivity index (χ1v) is 13.3. The molecular weight excluding hydrogens is 546 g/mol. The molecule has 37 heavy (non-hydrogen) atoms. The van der Waals surface area contributed by atoms with Gasteiger partial charge in [0, 0.05) is 37.3 Å². The van der Waals surface area contributed by atoms with E-state index < -0.39 is 39.6 Å². The van der Waals surface area contributed by atoms with Crippen molar-refractivity contribution < 1.29 is 45.0 Å². The van der Waals surface area contributed by atoms with Crippen molar-refractivity contribution in [3.8, 4) is 11.8 Å². The average Bonchev–Trinajstić information content (AvgIpc) is 3.36. The fraction of sp³-hybridized carbons (Fsp3) is 0.478. The maximum atomic E-state index is 13.4. The molecule has 2 N–H and O–H groups in total. The summed E-state index contributed by atoms with van der Waals surface area (Å²) in [5.41, 5.74) is -6.75. The molecule has 1 saturated heterocycles. The second kappa shape index (κ2) is 10.5. The third kappa shape index (κ3) is 5.75. The highest BCUT2D eigenvalue weighted by Crippen LogP contribution is 2.50. The van der Waals surface area contributed by atoms with Crippen molar-refractivity contribution in [2.24, 2.45) is 5.92 Å². The van der Waals surface area contributed by atoms with Gasteiger partial charge < -0.3 is 15.1 Å². The Kier molecular flexibility index (Phi) is 8.26. The van der Waals surface area contributed by atoms with Gasteiger partial charge in [-0.2, -0.15) is 30.6 Å². The second-order valence-electron chi connectivity index (χ2n) is 8.72. The van der Waals surface area contributed by atoms with Crippen molar-refractivity contribution in [2.75, 3.05) is 31.1 Å². The molecule has 1 aliphatic heterocycles. The molecule has 1 aromatic heterocycles. The van der Waals surface area contributed by atoms with Gasteiger partial charge in [-0.3, -0.25) is 0 Å². The zero-order valence-electron chi connectivity index (χ0n) is 19.6. The molecule has 0 spiro atoms. The number of rotatable bonds is 5. The number of hydrogen-bond acceptors (Lipinski definition) is 6. The number of thiophene rings is 1. The predicted octanol–water partition coefficient (Wildman–Crippen LogP) is 3.94. The Morgan fingerprint density at radius 2 is 1.59 bits per heavy atom. The molecule has 1 aromatic carbocycles. The van der Waals surface area contributed by atoms with Gasteiger partial charge in [-0.1, -0.05) is 37.8 Å². The number of alkyl halides is 6. The molecular formula is C23H24F6N2O4S2. The van der Waals surface area contributed by atoms with E-state index in [1.54, 1.807) is 30.2 Å². The van der Waals surface area contributed by atoms with Crippen LogP contribution >= 0.6 is 11.3 Å². The lowest BCUT2D eigenvalue weighted by atomic mass is 9.90. The summed E-state index contributed by atoms with van der Waals surface area (Å²) >= 11 is 1.05. The third-order valence-corrected chi connectivity index (χ3v) is 9.16. The highest BCUT2D eigenvalue weighted by molar-refractivity contribution is 7.91. The van der Waals surface area contributed by atoms with Crippen molar-refractivity contribution in [2.45, 2.75) is 42.1 Å². The Bertz CT molecular complexity index is 1240. The first kappa shape index (κ1) is 29.2. The molecule has 1 atom stereocenters. The van der Waals surface area contributed by atoms with Gasteiger partial charge in [0.2, 0.25) is 0 Å². The SMILES string of the molecule is CC(C)C(O)C#Cc1cc(C(O)(C(F)(F)F)C(F)(F)F)ccc1N1CCN(S(=O)(=O)c2cccs2)CC1. The molecule has 1 fully saturated rings. The number of hydrogen-bond donors (Lipinski definition) is 2. The summed E-state index contributed by atoms with van der Waals surface area (Å²) in [6.45, 7) is 3.42. The number of benzene rings is 1. The number of aliphatic hydroxyl groups is 2. The molecule has 3 rings (SSSR count). The van der Waals surface area contributed by atoms with Gasteiger partial charge in [-0.25, -0.2) is 8.42 Å². The molecule has 0 amide bonds. The van der Waals surface area contributed by atoms with Crippen LogP contribution in [0.3, 0.4) is 0 Å². The van der Waals surface area contributed by atoms with Gasteiger partial charge in [0.05, 0.1) is 5.69 Å².